The molecule has 0 heterocycles. The molecule has 0 bridgehead atoms. The summed E-state index contributed by atoms with van der Waals surface area (Å²) in [4.78, 5) is 11.5. The summed E-state index contributed by atoms with van der Waals surface area (Å²) < 4.78 is 5.60. The quantitative estimate of drug-likeness (QED) is 0.353. The van der Waals surface area contributed by atoms with Crippen LogP contribution in [0.5, 0.6) is 0 Å². The van der Waals surface area contributed by atoms with E-state index in [-0.39, 0.29) is 12.1 Å². The van der Waals surface area contributed by atoms with Crippen LogP contribution in [0.3, 0.4) is 0 Å². The molecular weight excluding hydrogens is 368 g/mol. The average molecular weight is 413 g/mol. The molecule has 2 heteroatoms. The van der Waals surface area contributed by atoms with E-state index in [2.05, 4.69) is 46.8 Å². The summed E-state index contributed by atoms with van der Waals surface area (Å²) in [5.41, 5.74) is 3.95. The first kappa shape index (κ1) is 22.2. The lowest BCUT2D eigenvalue weighted by molar-refractivity contribution is -0.148. The van der Waals surface area contributed by atoms with Gasteiger partial charge in [0.15, 0.2) is 0 Å². The Labute approximate surface area is 184 Å². The highest BCUT2D eigenvalue weighted by Gasteiger charge is 2.59. The van der Waals surface area contributed by atoms with Crippen LogP contribution in [-0.4, -0.2) is 12.1 Å². The summed E-state index contributed by atoms with van der Waals surface area (Å²) in [7, 11) is 0. The van der Waals surface area contributed by atoms with Crippen LogP contribution >= 0.6 is 0 Å². The van der Waals surface area contributed by atoms with E-state index >= 15 is 0 Å². The van der Waals surface area contributed by atoms with Crippen molar-refractivity contribution in [2.45, 2.75) is 105 Å². The zero-order valence-electron chi connectivity index (χ0n) is 20.3. The van der Waals surface area contributed by atoms with Gasteiger partial charge in [-0.2, -0.15) is 0 Å². The molecule has 0 spiro atoms. The maximum Gasteiger partial charge on any atom is 0.302 e. The lowest BCUT2D eigenvalue weighted by Crippen LogP contribution is -2.51. The van der Waals surface area contributed by atoms with E-state index in [4.69, 9.17) is 4.74 Å². The molecule has 0 aromatic carbocycles. The van der Waals surface area contributed by atoms with E-state index in [1.807, 2.05) is 0 Å². The summed E-state index contributed by atoms with van der Waals surface area (Å²) in [5.74, 6) is 4.17. The lowest BCUT2D eigenvalue weighted by Gasteiger charge is -2.58. The van der Waals surface area contributed by atoms with Crippen LogP contribution in [-0.2, 0) is 9.53 Å². The SMILES string of the molecule is CC(=O)O[C@H]1CC[C@@]2(C)C(=CC[C@H]3[C@@H]4CC[C@H]([C@H](C)CC=C(C)C)[C@@]4(C)CC[C@@H]32)C1. The van der Waals surface area contributed by atoms with Gasteiger partial charge in [0.25, 0.3) is 0 Å². The second kappa shape index (κ2) is 8.14. The fourth-order valence-corrected chi connectivity index (χ4v) is 8.52. The van der Waals surface area contributed by atoms with E-state index in [0.717, 1.165) is 42.4 Å². The van der Waals surface area contributed by atoms with Crippen molar-refractivity contribution in [3.05, 3.63) is 23.3 Å². The zero-order valence-corrected chi connectivity index (χ0v) is 20.3. The van der Waals surface area contributed by atoms with Crippen molar-refractivity contribution in [1.82, 2.24) is 0 Å². The lowest BCUT2D eigenvalue weighted by atomic mass is 9.47. The third kappa shape index (κ3) is 3.71. The highest BCUT2D eigenvalue weighted by Crippen LogP contribution is 2.67. The number of rotatable bonds is 4. The van der Waals surface area contributed by atoms with Gasteiger partial charge < -0.3 is 4.74 Å². The van der Waals surface area contributed by atoms with Gasteiger partial charge >= 0.3 is 5.97 Å². The smallest absolute Gasteiger partial charge is 0.302 e. The van der Waals surface area contributed by atoms with Gasteiger partial charge in [-0.3, -0.25) is 4.79 Å². The van der Waals surface area contributed by atoms with Crippen LogP contribution in [0.2, 0.25) is 0 Å². The molecule has 3 saturated carbocycles. The maximum absolute atomic E-state index is 11.5. The Morgan fingerprint density at radius 2 is 1.90 bits per heavy atom. The molecule has 0 aromatic heterocycles. The average Bonchev–Trinajstić information content (AvgIpc) is 3.03. The maximum atomic E-state index is 11.5. The molecular formula is C28H44O2. The van der Waals surface area contributed by atoms with Crippen molar-refractivity contribution >= 4 is 5.97 Å². The summed E-state index contributed by atoms with van der Waals surface area (Å²) in [6, 6.07) is 0. The number of esters is 1. The van der Waals surface area contributed by atoms with Gasteiger partial charge in [0.05, 0.1) is 0 Å². The minimum Gasteiger partial charge on any atom is -0.462 e. The normalized spacial score (nSPS) is 43.5. The van der Waals surface area contributed by atoms with Crippen molar-refractivity contribution < 1.29 is 9.53 Å². The van der Waals surface area contributed by atoms with Crippen LogP contribution in [0.4, 0.5) is 0 Å². The second-order valence-electron chi connectivity index (χ2n) is 12.0. The highest BCUT2D eigenvalue weighted by atomic mass is 16.5. The zero-order chi connectivity index (χ0) is 21.7. The predicted molar refractivity (Wildman–Crippen MR) is 124 cm³/mol. The number of ether oxygens (including phenoxy) is 1. The minimum atomic E-state index is -0.120. The Morgan fingerprint density at radius 1 is 1.13 bits per heavy atom. The first-order valence-electron chi connectivity index (χ1n) is 12.6. The minimum absolute atomic E-state index is 0.110. The molecule has 30 heavy (non-hydrogen) atoms. The summed E-state index contributed by atoms with van der Waals surface area (Å²) >= 11 is 0. The van der Waals surface area contributed by atoms with Gasteiger partial charge in [-0.05, 0) is 106 Å². The van der Waals surface area contributed by atoms with E-state index in [1.165, 1.54) is 50.5 Å². The number of hydrogen-bond donors (Lipinski definition) is 0. The van der Waals surface area contributed by atoms with Crippen LogP contribution < -0.4 is 0 Å². The fraction of sp³-hybridized carbons (Fsp3) is 0.821. The largest absolute Gasteiger partial charge is 0.462 e. The fourth-order valence-electron chi connectivity index (χ4n) is 8.52. The van der Waals surface area contributed by atoms with Crippen LogP contribution in [0, 0.1) is 40.4 Å². The molecule has 0 aromatic rings. The molecule has 168 valence electrons. The molecule has 4 aliphatic carbocycles. The molecule has 0 radical (unpaired) electrons. The monoisotopic (exact) mass is 412 g/mol. The third-order valence-electron chi connectivity index (χ3n) is 10.0. The molecule has 4 aliphatic rings. The summed E-state index contributed by atoms with van der Waals surface area (Å²) in [5, 5.41) is 0. The van der Waals surface area contributed by atoms with Crippen molar-refractivity contribution in [2.24, 2.45) is 40.4 Å². The van der Waals surface area contributed by atoms with Gasteiger partial charge in [-0.15, -0.1) is 0 Å². The van der Waals surface area contributed by atoms with Crippen LogP contribution in [0.25, 0.3) is 0 Å². The standard InChI is InChI=1S/C28H44O2/c1-18(2)7-8-19(3)24-11-12-25-23-10-9-21-17-22(30-20(4)29)13-15-27(21,5)26(23)14-16-28(24,25)6/h7,9,19,22-26H,8,10-17H2,1-6H3/t19-,22+,23+,24-,25+,26+,27+,28-/m1/s1. The summed E-state index contributed by atoms with van der Waals surface area (Å²) in [6.07, 6.45) is 16.6. The Morgan fingerprint density at radius 3 is 2.60 bits per heavy atom. The second-order valence-corrected chi connectivity index (χ2v) is 12.0. The number of allylic oxidation sites excluding steroid dienone is 3. The number of carbonyl (C=O) groups excluding carboxylic acids is 1. The number of fused-ring (bicyclic) bond motifs is 5. The van der Waals surface area contributed by atoms with Crippen molar-refractivity contribution in [3.63, 3.8) is 0 Å². The van der Waals surface area contributed by atoms with E-state index in [9.17, 15) is 4.79 Å². The molecule has 3 fully saturated rings. The highest BCUT2D eigenvalue weighted by molar-refractivity contribution is 5.66. The first-order chi connectivity index (χ1) is 14.1. The first-order valence-corrected chi connectivity index (χ1v) is 12.6. The molecule has 0 unspecified atom stereocenters. The molecule has 0 saturated heterocycles. The van der Waals surface area contributed by atoms with Gasteiger partial charge in [0.1, 0.15) is 6.10 Å². The van der Waals surface area contributed by atoms with Crippen molar-refractivity contribution in [1.29, 1.82) is 0 Å². The Balaban J connectivity index is 1.52. The van der Waals surface area contributed by atoms with E-state index < -0.39 is 0 Å². The molecule has 0 aliphatic heterocycles. The number of carbonyl (C=O) groups is 1. The van der Waals surface area contributed by atoms with Crippen LogP contribution in [0.1, 0.15) is 99.3 Å². The Kier molecular flexibility index (Phi) is 6.01. The summed E-state index contributed by atoms with van der Waals surface area (Å²) in [6.45, 7) is 13.7. The van der Waals surface area contributed by atoms with Gasteiger partial charge in [-0.25, -0.2) is 0 Å². The van der Waals surface area contributed by atoms with E-state index in [1.54, 1.807) is 12.5 Å². The van der Waals surface area contributed by atoms with Crippen LogP contribution in [0.15, 0.2) is 23.3 Å². The molecule has 8 atom stereocenters. The van der Waals surface area contributed by atoms with Gasteiger partial charge in [-0.1, -0.05) is 44.1 Å². The molecule has 2 nitrogen and oxygen atoms in total. The Hall–Kier alpha value is -1.05. The van der Waals surface area contributed by atoms with Crippen molar-refractivity contribution in [2.75, 3.05) is 0 Å². The van der Waals surface area contributed by atoms with Gasteiger partial charge in [0.2, 0.25) is 0 Å². The molecule has 0 amide bonds. The Bertz CT molecular complexity index is 729. The van der Waals surface area contributed by atoms with E-state index in [0.29, 0.717) is 10.8 Å². The predicted octanol–water partition coefficient (Wildman–Crippen LogP) is 7.49. The molecule has 0 N–H and O–H groups in total. The molecule has 4 rings (SSSR count). The number of hydrogen-bond acceptors (Lipinski definition) is 2. The third-order valence-corrected chi connectivity index (χ3v) is 10.0. The van der Waals surface area contributed by atoms with Crippen molar-refractivity contribution in [3.8, 4) is 0 Å². The van der Waals surface area contributed by atoms with Gasteiger partial charge in [0, 0.05) is 13.3 Å². The topological polar surface area (TPSA) is 26.3 Å².